The van der Waals surface area contributed by atoms with Gasteiger partial charge < -0.3 is 24.5 Å². The summed E-state index contributed by atoms with van der Waals surface area (Å²) in [4.78, 5) is 40.3. The molecule has 0 bridgehead atoms. The highest BCUT2D eigenvalue weighted by molar-refractivity contribution is 6.06. The molecule has 10 nitrogen and oxygen atoms in total. The van der Waals surface area contributed by atoms with Crippen molar-refractivity contribution in [3.63, 3.8) is 0 Å². The number of nitrogens with zero attached hydrogens (tertiary/aromatic N) is 4. The highest BCUT2D eigenvalue weighted by Gasteiger charge is 2.40. The summed E-state index contributed by atoms with van der Waals surface area (Å²) in [6.45, 7) is 2.13. The normalized spacial score (nSPS) is 16.9. The third kappa shape index (κ3) is 4.68. The highest BCUT2D eigenvalue weighted by atomic mass is 16.5. The topological polar surface area (TPSA) is 131 Å². The molecule has 202 valence electrons. The number of nitrogens with one attached hydrogen (secondary N) is 1. The number of pyridine rings is 1. The summed E-state index contributed by atoms with van der Waals surface area (Å²) in [5.41, 5.74) is 4.18. The molecule has 1 saturated heterocycles. The van der Waals surface area contributed by atoms with Gasteiger partial charge in [0.05, 0.1) is 7.11 Å². The van der Waals surface area contributed by atoms with E-state index in [0.29, 0.717) is 52.9 Å². The fourth-order valence-electron chi connectivity index (χ4n) is 5.40. The number of carboxylic acid groups (broad SMARTS) is 1. The van der Waals surface area contributed by atoms with Crippen molar-refractivity contribution < 1.29 is 23.8 Å². The first-order valence-corrected chi connectivity index (χ1v) is 13.0. The SMILES string of the molecule is COc1ncccc1-c1ccc(NC(=O)C[C@H]2C[C@@H](C(=O)O)N(c3nc(C)nc4c3oc3ccccc34)C2)cc1. The number of amides is 1. The van der Waals surface area contributed by atoms with Crippen LogP contribution in [0.25, 0.3) is 33.2 Å². The molecule has 0 aliphatic carbocycles. The van der Waals surface area contributed by atoms with Gasteiger partial charge in [0, 0.05) is 35.8 Å². The van der Waals surface area contributed by atoms with Crippen molar-refractivity contribution in [2.45, 2.75) is 25.8 Å². The minimum absolute atomic E-state index is 0.172. The summed E-state index contributed by atoms with van der Waals surface area (Å²) in [6.07, 6.45) is 2.15. The van der Waals surface area contributed by atoms with Crippen molar-refractivity contribution in [1.29, 1.82) is 0 Å². The van der Waals surface area contributed by atoms with Crippen LogP contribution >= 0.6 is 0 Å². The molecule has 2 atom stereocenters. The quantitative estimate of drug-likeness (QED) is 0.292. The molecule has 1 aliphatic heterocycles. The Morgan fingerprint density at radius 1 is 1.10 bits per heavy atom. The number of fused-ring (bicyclic) bond motifs is 3. The number of methoxy groups -OCH3 is 1. The van der Waals surface area contributed by atoms with Gasteiger partial charge in [-0.15, -0.1) is 0 Å². The number of hydrogen-bond acceptors (Lipinski definition) is 8. The molecule has 5 aromatic rings. The second-order valence-corrected chi connectivity index (χ2v) is 9.87. The van der Waals surface area contributed by atoms with Crippen LogP contribution in [0.4, 0.5) is 11.5 Å². The Labute approximate surface area is 229 Å². The fraction of sp³-hybridized carbons (Fsp3) is 0.233. The van der Waals surface area contributed by atoms with Crippen LogP contribution in [0.15, 0.2) is 71.3 Å². The minimum Gasteiger partial charge on any atom is -0.481 e. The Kier molecular flexibility index (Phi) is 6.51. The molecule has 2 aromatic carbocycles. The number of anilines is 2. The summed E-state index contributed by atoms with van der Waals surface area (Å²) in [5.74, 6) is 0.147. The smallest absolute Gasteiger partial charge is 0.326 e. The van der Waals surface area contributed by atoms with E-state index < -0.39 is 12.0 Å². The van der Waals surface area contributed by atoms with Crippen molar-refractivity contribution in [1.82, 2.24) is 15.0 Å². The molecule has 10 heteroatoms. The van der Waals surface area contributed by atoms with Gasteiger partial charge >= 0.3 is 5.97 Å². The van der Waals surface area contributed by atoms with E-state index in [2.05, 4.69) is 20.3 Å². The molecular weight excluding hydrogens is 510 g/mol. The number of furan rings is 1. The van der Waals surface area contributed by atoms with Gasteiger partial charge in [-0.25, -0.2) is 19.7 Å². The second-order valence-electron chi connectivity index (χ2n) is 9.87. The molecule has 0 saturated carbocycles. The second kappa shape index (κ2) is 10.3. The molecule has 2 N–H and O–H groups in total. The predicted molar refractivity (Wildman–Crippen MR) is 150 cm³/mol. The lowest BCUT2D eigenvalue weighted by Gasteiger charge is -2.22. The van der Waals surface area contributed by atoms with Gasteiger partial charge in [-0.1, -0.05) is 24.3 Å². The minimum atomic E-state index is -0.968. The van der Waals surface area contributed by atoms with Gasteiger partial charge in [-0.3, -0.25) is 4.79 Å². The van der Waals surface area contributed by atoms with Crippen LogP contribution in [0.5, 0.6) is 5.88 Å². The van der Waals surface area contributed by atoms with Crippen molar-refractivity contribution in [2.24, 2.45) is 5.92 Å². The first kappa shape index (κ1) is 25.3. The summed E-state index contributed by atoms with van der Waals surface area (Å²) < 4.78 is 11.4. The van der Waals surface area contributed by atoms with Crippen LogP contribution in [0.2, 0.25) is 0 Å². The fourth-order valence-corrected chi connectivity index (χ4v) is 5.40. The Hall–Kier alpha value is -4.99. The van der Waals surface area contributed by atoms with E-state index in [1.165, 1.54) is 0 Å². The van der Waals surface area contributed by atoms with E-state index in [0.717, 1.165) is 16.5 Å². The van der Waals surface area contributed by atoms with Gasteiger partial charge in [-0.05, 0) is 61.2 Å². The zero-order valence-electron chi connectivity index (χ0n) is 22.0. The van der Waals surface area contributed by atoms with Gasteiger partial charge in [-0.2, -0.15) is 0 Å². The number of ether oxygens (including phenoxy) is 1. The summed E-state index contributed by atoms with van der Waals surface area (Å²) in [5, 5.41) is 13.8. The van der Waals surface area contributed by atoms with Crippen LogP contribution in [-0.4, -0.2) is 51.6 Å². The Balaban J connectivity index is 1.19. The van der Waals surface area contributed by atoms with E-state index >= 15 is 0 Å². The zero-order chi connectivity index (χ0) is 27.8. The van der Waals surface area contributed by atoms with Gasteiger partial charge in [0.1, 0.15) is 23.0 Å². The third-order valence-corrected chi connectivity index (χ3v) is 7.18. The third-order valence-electron chi connectivity index (χ3n) is 7.18. The number of aryl methyl sites for hydroxylation is 1. The molecule has 0 unspecified atom stereocenters. The molecule has 0 spiro atoms. The van der Waals surface area contributed by atoms with Crippen molar-refractivity contribution in [3.8, 4) is 17.0 Å². The van der Waals surface area contributed by atoms with E-state index in [9.17, 15) is 14.7 Å². The number of para-hydroxylation sites is 1. The van der Waals surface area contributed by atoms with Crippen LogP contribution in [0.3, 0.4) is 0 Å². The van der Waals surface area contributed by atoms with Crippen molar-refractivity contribution in [3.05, 3.63) is 72.7 Å². The predicted octanol–water partition coefficient (Wildman–Crippen LogP) is 5.06. The molecule has 40 heavy (non-hydrogen) atoms. The average molecular weight is 538 g/mol. The van der Waals surface area contributed by atoms with E-state index in [1.807, 2.05) is 60.7 Å². The molecule has 4 heterocycles. The first-order chi connectivity index (χ1) is 19.4. The standard InChI is InChI=1S/C30H27N5O5/c1-17-32-26-22-6-3-4-8-24(22)40-27(26)28(33-17)35-16-18(14-23(35)30(37)38)15-25(36)34-20-11-9-19(10-12-20)21-7-5-13-31-29(21)39-2/h3-13,18,23H,14-16H2,1-2H3,(H,34,36)(H,37,38)/t18-,23+/m1/s1. The van der Waals surface area contributed by atoms with Crippen LogP contribution in [0, 0.1) is 12.8 Å². The molecular formula is C30H27N5O5. The first-order valence-electron chi connectivity index (χ1n) is 13.0. The number of carbonyl (C=O) groups excluding carboxylic acids is 1. The Morgan fingerprint density at radius 2 is 1.90 bits per heavy atom. The molecule has 3 aromatic heterocycles. The van der Waals surface area contributed by atoms with Crippen LogP contribution in [0.1, 0.15) is 18.7 Å². The molecule has 0 radical (unpaired) electrons. The zero-order valence-corrected chi connectivity index (χ0v) is 22.0. The summed E-state index contributed by atoms with van der Waals surface area (Å²) in [7, 11) is 1.57. The highest BCUT2D eigenvalue weighted by Crippen LogP contribution is 2.38. The Bertz CT molecular complexity index is 1730. The lowest BCUT2D eigenvalue weighted by atomic mass is 10.0. The lowest BCUT2D eigenvalue weighted by Crippen LogP contribution is -2.36. The van der Waals surface area contributed by atoms with Gasteiger partial charge in [0.2, 0.25) is 11.8 Å². The van der Waals surface area contributed by atoms with Crippen LogP contribution < -0.4 is 15.0 Å². The molecule has 6 rings (SSSR count). The lowest BCUT2D eigenvalue weighted by molar-refractivity contribution is -0.138. The van der Waals surface area contributed by atoms with Gasteiger partial charge in [0.15, 0.2) is 11.4 Å². The van der Waals surface area contributed by atoms with Crippen LogP contribution in [-0.2, 0) is 9.59 Å². The maximum Gasteiger partial charge on any atom is 0.326 e. The summed E-state index contributed by atoms with van der Waals surface area (Å²) in [6, 6.07) is 17.9. The summed E-state index contributed by atoms with van der Waals surface area (Å²) >= 11 is 0. The van der Waals surface area contributed by atoms with E-state index in [4.69, 9.17) is 9.15 Å². The number of rotatable bonds is 7. The van der Waals surface area contributed by atoms with E-state index in [-0.39, 0.29) is 18.2 Å². The maximum absolute atomic E-state index is 13.0. The molecule has 1 amide bonds. The average Bonchev–Trinajstić information content (AvgIpc) is 3.55. The van der Waals surface area contributed by atoms with Gasteiger partial charge in [0.25, 0.3) is 0 Å². The Morgan fingerprint density at radius 3 is 2.67 bits per heavy atom. The number of carboxylic acids is 1. The molecule has 1 fully saturated rings. The number of aliphatic carboxylic acids is 1. The molecule has 1 aliphatic rings. The number of hydrogen-bond donors (Lipinski definition) is 2. The number of benzene rings is 2. The number of carbonyl (C=O) groups is 2. The van der Waals surface area contributed by atoms with E-state index in [1.54, 1.807) is 25.1 Å². The van der Waals surface area contributed by atoms with Crippen molar-refractivity contribution >= 4 is 45.5 Å². The maximum atomic E-state index is 13.0. The monoisotopic (exact) mass is 537 g/mol. The largest absolute Gasteiger partial charge is 0.481 e. The van der Waals surface area contributed by atoms with Crippen molar-refractivity contribution in [2.75, 3.05) is 23.9 Å². The number of aromatic nitrogens is 3.